The van der Waals surface area contributed by atoms with Crippen molar-refractivity contribution in [2.45, 2.75) is 19.9 Å². The van der Waals surface area contributed by atoms with Crippen LogP contribution in [0.2, 0.25) is 0 Å². The summed E-state index contributed by atoms with van der Waals surface area (Å²) < 4.78 is 10.4. The molecule has 1 saturated heterocycles. The maximum Gasteiger partial charge on any atom is 0.308 e. The van der Waals surface area contributed by atoms with E-state index in [1.54, 1.807) is 49.6 Å². The van der Waals surface area contributed by atoms with E-state index >= 15 is 0 Å². The van der Waals surface area contributed by atoms with Crippen LogP contribution in [0, 0.1) is 6.92 Å². The third kappa shape index (κ3) is 5.06. The van der Waals surface area contributed by atoms with Gasteiger partial charge in [-0.25, -0.2) is 0 Å². The second-order valence-corrected chi connectivity index (χ2v) is 8.14. The Hall–Kier alpha value is -3.65. The smallest absolute Gasteiger partial charge is 0.308 e. The highest BCUT2D eigenvalue weighted by Gasteiger charge is 2.45. The third-order valence-corrected chi connectivity index (χ3v) is 5.45. The van der Waals surface area contributed by atoms with Gasteiger partial charge in [0.05, 0.1) is 18.7 Å². The van der Waals surface area contributed by atoms with E-state index in [-0.39, 0.29) is 11.3 Å². The van der Waals surface area contributed by atoms with E-state index in [2.05, 4.69) is 0 Å². The van der Waals surface area contributed by atoms with Crippen LogP contribution >= 0.6 is 0 Å². The number of hydrogen-bond acceptors (Lipinski definition) is 7. The summed E-state index contributed by atoms with van der Waals surface area (Å²) in [6.07, 6.45) is 0. The van der Waals surface area contributed by atoms with Crippen LogP contribution in [0.3, 0.4) is 0 Å². The standard InChI is InChI=1S/C25H28N2O6/c1-15-14-18(8-11-20(15)32-5)23(29)21-22(17-6-9-19(10-7-17)33-16(2)28)27(13-12-26(3)4)25(31)24(21)30/h6-11,14,22,29H,12-13H2,1-5H3/b23-21-. The molecule has 0 saturated carbocycles. The number of likely N-dealkylation sites (N-methyl/N-ethyl adjacent to an activating group) is 1. The summed E-state index contributed by atoms with van der Waals surface area (Å²) >= 11 is 0. The first-order valence-corrected chi connectivity index (χ1v) is 10.5. The molecule has 1 atom stereocenters. The number of benzene rings is 2. The van der Waals surface area contributed by atoms with Gasteiger partial charge in [-0.3, -0.25) is 14.4 Å². The number of carbonyl (C=O) groups is 3. The molecular weight excluding hydrogens is 424 g/mol. The SMILES string of the molecule is COc1ccc(/C(O)=C2/C(=O)C(=O)N(CCN(C)C)C2c2ccc(OC(C)=O)cc2)cc1C. The summed E-state index contributed by atoms with van der Waals surface area (Å²) in [5, 5.41) is 11.2. The normalized spacial score (nSPS) is 17.5. The number of aliphatic hydroxyl groups excluding tert-OH is 1. The molecule has 0 aliphatic carbocycles. The number of aryl methyl sites for hydroxylation is 1. The molecule has 1 fully saturated rings. The van der Waals surface area contributed by atoms with Crippen LogP contribution in [-0.4, -0.2) is 66.9 Å². The van der Waals surface area contributed by atoms with Crippen LogP contribution in [0.25, 0.3) is 5.76 Å². The summed E-state index contributed by atoms with van der Waals surface area (Å²) in [5.74, 6) is -1.11. The summed E-state index contributed by atoms with van der Waals surface area (Å²) in [5.41, 5.74) is 1.84. The lowest BCUT2D eigenvalue weighted by Crippen LogP contribution is -2.35. The van der Waals surface area contributed by atoms with Gasteiger partial charge in [-0.15, -0.1) is 0 Å². The number of Topliss-reactive ketones (excluding diaryl/α,β-unsaturated/α-hetero) is 1. The largest absolute Gasteiger partial charge is 0.507 e. The van der Waals surface area contributed by atoms with Crippen LogP contribution in [0.1, 0.15) is 29.7 Å². The van der Waals surface area contributed by atoms with Crippen LogP contribution in [0.15, 0.2) is 48.0 Å². The molecule has 0 radical (unpaired) electrons. The molecule has 8 nitrogen and oxygen atoms in total. The van der Waals surface area contributed by atoms with Crippen LogP contribution in [0.4, 0.5) is 0 Å². The minimum atomic E-state index is -0.779. The zero-order chi connectivity index (χ0) is 24.3. The van der Waals surface area contributed by atoms with Gasteiger partial charge >= 0.3 is 5.97 Å². The van der Waals surface area contributed by atoms with Crippen molar-refractivity contribution in [3.05, 3.63) is 64.7 Å². The van der Waals surface area contributed by atoms with E-state index < -0.39 is 23.7 Å². The minimum Gasteiger partial charge on any atom is -0.507 e. The first-order chi connectivity index (χ1) is 15.6. The maximum atomic E-state index is 13.1. The Kier molecular flexibility index (Phi) is 7.18. The van der Waals surface area contributed by atoms with Crippen molar-refractivity contribution in [1.29, 1.82) is 0 Å². The van der Waals surface area contributed by atoms with Crippen molar-refractivity contribution >= 4 is 23.4 Å². The minimum absolute atomic E-state index is 0.0172. The Bertz CT molecular complexity index is 1100. The van der Waals surface area contributed by atoms with E-state index in [4.69, 9.17) is 9.47 Å². The number of methoxy groups -OCH3 is 1. The van der Waals surface area contributed by atoms with Gasteiger partial charge in [0.25, 0.3) is 11.7 Å². The Labute approximate surface area is 193 Å². The molecule has 33 heavy (non-hydrogen) atoms. The highest BCUT2D eigenvalue weighted by atomic mass is 16.5. The zero-order valence-electron chi connectivity index (χ0n) is 19.4. The fourth-order valence-electron chi connectivity index (χ4n) is 3.83. The van der Waals surface area contributed by atoms with Crippen molar-refractivity contribution < 1.29 is 29.0 Å². The topological polar surface area (TPSA) is 96.4 Å². The molecule has 1 aliphatic rings. The molecule has 0 bridgehead atoms. The number of nitrogens with zero attached hydrogens (tertiary/aromatic N) is 2. The first kappa shape index (κ1) is 24.0. The predicted molar refractivity (Wildman–Crippen MR) is 123 cm³/mol. The second-order valence-electron chi connectivity index (χ2n) is 8.14. The fourth-order valence-corrected chi connectivity index (χ4v) is 3.83. The van der Waals surface area contributed by atoms with Crippen molar-refractivity contribution in [3.8, 4) is 11.5 Å². The van der Waals surface area contributed by atoms with Gasteiger partial charge in [-0.2, -0.15) is 0 Å². The highest BCUT2D eigenvalue weighted by Crippen LogP contribution is 2.40. The van der Waals surface area contributed by atoms with E-state index in [1.165, 1.54) is 11.8 Å². The van der Waals surface area contributed by atoms with Crippen LogP contribution in [-0.2, 0) is 14.4 Å². The van der Waals surface area contributed by atoms with Gasteiger partial charge in [0, 0.05) is 25.6 Å². The number of esters is 1. The van der Waals surface area contributed by atoms with E-state index in [9.17, 15) is 19.5 Å². The van der Waals surface area contributed by atoms with Crippen LogP contribution < -0.4 is 9.47 Å². The number of ketones is 1. The van der Waals surface area contributed by atoms with Gasteiger partial charge in [0.1, 0.15) is 17.3 Å². The number of amides is 1. The van der Waals surface area contributed by atoms with Gasteiger partial charge in [0.15, 0.2) is 0 Å². The molecule has 0 spiro atoms. The average molecular weight is 453 g/mol. The Morgan fingerprint density at radius 1 is 1.12 bits per heavy atom. The van der Waals surface area contributed by atoms with E-state index in [0.29, 0.717) is 35.7 Å². The number of aliphatic hydroxyl groups is 1. The Morgan fingerprint density at radius 2 is 1.79 bits per heavy atom. The van der Waals surface area contributed by atoms with Crippen molar-refractivity contribution in [2.75, 3.05) is 34.3 Å². The molecule has 2 aromatic carbocycles. The number of ether oxygens (including phenoxy) is 2. The molecule has 1 amide bonds. The maximum absolute atomic E-state index is 13.1. The third-order valence-electron chi connectivity index (χ3n) is 5.45. The van der Waals surface area contributed by atoms with Gasteiger partial charge in [-0.05, 0) is 62.5 Å². The molecule has 3 rings (SSSR count). The van der Waals surface area contributed by atoms with Crippen molar-refractivity contribution in [3.63, 3.8) is 0 Å². The summed E-state index contributed by atoms with van der Waals surface area (Å²) in [7, 11) is 5.30. The van der Waals surface area contributed by atoms with Gasteiger partial charge in [0.2, 0.25) is 0 Å². The number of hydrogen-bond donors (Lipinski definition) is 1. The summed E-state index contributed by atoms with van der Waals surface area (Å²) in [6.45, 7) is 3.97. The monoisotopic (exact) mass is 452 g/mol. The molecular formula is C25H28N2O6. The van der Waals surface area contributed by atoms with Crippen molar-refractivity contribution in [1.82, 2.24) is 9.80 Å². The molecule has 174 valence electrons. The predicted octanol–water partition coefficient (Wildman–Crippen LogP) is 2.91. The van der Waals surface area contributed by atoms with E-state index in [1.807, 2.05) is 25.9 Å². The highest BCUT2D eigenvalue weighted by molar-refractivity contribution is 6.46. The number of rotatable bonds is 7. The Morgan fingerprint density at radius 3 is 2.33 bits per heavy atom. The molecule has 1 heterocycles. The number of likely N-dealkylation sites (tertiary alicyclic amines) is 1. The summed E-state index contributed by atoms with van der Waals surface area (Å²) in [6, 6.07) is 10.8. The lowest BCUT2D eigenvalue weighted by molar-refractivity contribution is -0.140. The van der Waals surface area contributed by atoms with Crippen LogP contribution in [0.5, 0.6) is 11.5 Å². The molecule has 1 N–H and O–H groups in total. The Balaban J connectivity index is 2.12. The first-order valence-electron chi connectivity index (χ1n) is 10.5. The van der Waals surface area contributed by atoms with Crippen molar-refractivity contribution in [2.24, 2.45) is 0 Å². The average Bonchev–Trinajstić information content (AvgIpc) is 3.02. The summed E-state index contributed by atoms with van der Waals surface area (Å²) in [4.78, 5) is 40.6. The lowest BCUT2D eigenvalue weighted by Gasteiger charge is -2.26. The van der Waals surface area contributed by atoms with Gasteiger partial charge < -0.3 is 24.4 Å². The zero-order valence-corrected chi connectivity index (χ0v) is 19.4. The molecule has 0 aromatic heterocycles. The lowest BCUT2D eigenvalue weighted by atomic mass is 9.94. The molecule has 1 unspecified atom stereocenters. The molecule has 1 aliphatic heterocycles. The van der Waals surface area contributed by atoms with Gasteiger partial charge in [-0.1, -0.05) is 12.1 Å². The fraction of sp³-hybridized carbons (Fsp3) is 0.320. The number of carbonyl (C=O) groups excluding carboxylic acids is 3. The second kappa shape index (κ2) is 9.87. The molecule has 2 aromatic rings. The van der Waals surface area contributed by atoms with E-state index in [0.717, 1.165) is 5.56 Å². The molecule has 8 heteroatoms. The quantitative estimate of drug-likeness (QED) is 0.227.